The lowest BCUT2D eigenvalue weighted by molar-refractivity contribution is 0.0952. The fourth-order valence-corrected chi connectivity index (χ4v) is 7.12. The summed E-state index contributed by atoms with van der Waals surface area (Å²) in [6, 6.07) is 5.78. The highest BCUT2D eigenvalue weighted by molar-refractivity contribution is 7.96. The third-order valence-corrected chi connectivity index (χ3v) is 8.29. The lowest BCUT2D eigenvalue weighted by Crippen LogP contribution is -2.27. The van der Waals surface area contributed by atoms with Gasteiger partial charge < -0.3 is 10.2 Å². The van der Waals surface area contributed by atoms with Crippen molar-refractivity contribution in [2.45, 2.75) is 23.0 Å². The van der Waals surface area contributed by atoms with E-state index < -0.39 is 24.9 Å². The molecule has 0 aromatic heterocycles. The number of carbonyl (C=O) groups is 1. The molecule has 1 heterocycles. The topological polar surface area (TPSA) is 101 Å². The van der Waals surface area contributed by atoms with Gasteiger partial charge in [-0.2, -0.15) is 0 Å². The van der Waals surface area contributed by atoms with Crippen molar-refractivity contribution in [2.75, 3.05) is 38.7 Å². The number of hydrogen-bond acceptors (Lipinski definition) is 6. The van der Waals surface area contributed by atoms with Crippen LogP contribution >= 0.6 is 0 Å². The van der Waals surface area contributed by atoms with E-state index in [1.54, 1.807) is 6.07 Å². The molecule has 1 fully saturated rings. The maximum atomic E-state index is 12.6. The number of rotatable bonds is 7. The van der Waals surface area contributed by atoms with Crippen molar-refractivity contribution in [1.82, 2.24) is 10.2 Å². The van der Waals surface area contributed by atoms with Gasteiger partial charge in [-0.25, -0.2) is 16.8 Å². The van der Waals surface area contributed by atoms with Gasteiger partial charge >= 0.3 is 0 Å². The zero-order valence-corrected chi connectivity index (χ0v) is 16.1. The molecule has 1 saturated heterocycles. The van der Waals surface area contributed by atoms with E-state index in [0.29, 0.717) is 6.54 Å². The Bertz CT molecular complexity index is 832. The predicted octanol–water partition coefficient (Wildman–Crippen LogP) is 0.329. The van der Waals surface area contributed by atoms with Crippen LogP contribution in [0.4, 0.5) is 0 Å². The Morgan fingerprint density at radius 3 is 2.64 bits per heavy atom. The zero-order chi connectivity index (χ0) is 18.7. The van der Waals surface area contributed by atoms with Gasteiger partial charge in [-0.1, -0.05) is 6.07 Å². The van der Waals surface area contributed by atoms with E-state index in [0.717, 1.165) is 13.0 Å². The van der Waals surface area contributed by atoms with Crippen molar-refractivity contribution in [3.05, 3.63) is 29.8 Å². The second kappa shape index (κ2) is 7.84. The van der Waals surface area contributed by atoms with Crippen molar-refractivity contribution in [1.29, 1.82) is 0 Å². The zero-order valence-electron chi connectivity index (χ0n) is 14.4. The van der Waals surface area contributed by atoms with E-state index >= 15 is 0 Å². The number of carbonyl (C=O) groups excluding carboxylic acids is 1. The Labute approximate surface area is 149 Å². The maximum absolute atomic E-state index is 12.6. The minimum absolute atomic E-state index is 0.00413. The van der Waals surface area contributed by atoms with Crippen molar-refractivity contribution >= 4 is 25.6 Å². The van der Waals surface area contributed by atoms with Crippen LogP contribution in [0.2, 0.25) is 0 Å². The number of nitrogens with zero attached hydrogens (tertiary/aromatic N) is 1. The number of sulfone groups is 2. The Morgan fingerprint density at radius 2 is 2.04 bits per heavy atom. The molecule has 25 heavy (non-hydrogen) atoms. The smallest absolute Gasteiger partial charge is 0.251 e. The molecule has 9 heteroatoms. The van der Waals surface area contributed by atoms with Gasteiger partial charge in [0, 0.05) is 12.1 Å². The Hall–Kier alpha value is -1.45. The summed E-state index contributed by atoms with van der Waals surface area (Å²) in [4.78, 5) is 14.2. The lowest BCUT2D eigenvalue weighted by atomic mass is 10.2. The first-order valence-corrected chi connectivity index (χ1v) is 11.5. The molecule has 0 radical (unpaired) electrons. The summed E-state index contributed by atoms with van der Waals surface area (Å²) in [6.45, 7) is 1.33. The minimum Gasteiger partial charge on any atom is -0.352 e. The minimum atomic E-state index is -3.77. The van der Waals surface area contributed by atoms with E-state index in [9.17, 15) is 21.6 Å². The van der Waals surface area contributed by atoms with Crippen LogP contribution in [0.15, 0.2) is 29.2 Å². The monoisotopic (exact) mass is 388 g/mol. The van der Waals surface area contributed by atoms with Crippen LogP contribution in [0.3, 0.4) is 0 Å². The molecule has 0 saturated carbocycles. The molecule has 1 aromatic carbocycles. The molecule has 7 nitrogen and oxygen atoms in total. The largest absolute Gasteiger partial charge is 0.352 e. The summed E-state index contributed by atoms with van der Waals surface area (Å²) >= 11 is 0. The number of hydrogen-bond donors (Lipinski definition) is 1. The van der Waals surface area contributed by atoms with Crippen LogP contribution in [0.25, 0.3) is 0 Å². The first-order chi connectivity index (χ1) is 11.6. The molecule has 1 atom stereocenters. The normalized spacial score (nSPS) is 19.9. The van der Waals surface area contributed by atoms with E-state index in [-0.39, 0.29) is 34.3 Å². The average Bonchev–Trinajstić information content (AvgIpc) is 2.92. The molecular formula is C16H24N2O5S2. The Balaban J connectivity index is 2.09. The highest BCUT2D eigenvalue weighted by atomic mass is 32.2. The van der Waals surface area contributed by atoms with Gasteiger partial charge in [0.25, 0.3) is 5.91 Å². The second-order valence-corrected chi connectivity index (χ2v) is 11.0. The third-order valence-electron chi connectivity index (χ3n) is 4.12. The molecule has 1 aliphatic heterocycles. The highest BCUT2D eigenvalue weighted by Gasteiger charge is 2.38. The first-order valence-electron chi connectivity index (χ1n) is 8.09. The molecule has 1 unspecified atom stereocenters. The van der Waals surface area contributed by atoms with Gasteiger partial charge in [-0.05, 0) is 51.7 Å². The van der Waals surface area contributed by atoms with Gasteiger partial charge in [0.05, 0.1) is 21.7 Å². The van der Waals surface area contributed by atoms with Crippen LogP contribution in [-0.4, -0.2) is 71.6 Å². The molecule has 0 spiro atoms. The van der Waals surface area contributed by atoms with E-state index in [2.05, 4.69) is 5.32 Å². The fourth-order valence-electron chi connectivity index (χ4n) is 2.71. The summed E-state index contributed by atoms with van der Waals surface area (Å²) in [7, 11) is -3.18. The van der Waals surface area contributed by atoms with E-state index in [1.165, 1.54) is 18.2 Å². The number of amides is 1. The fraction of sp³-hybridized carbons (Fsp3) is 0.562. The van der Waals surface area contributed by atoms with E-state index in [4.69, 9.17) is 0 Å². The first kappa shape index (κ1) is 19.9. The quantitative estimate of drug-likeness (QED) is 0.676. The molecule has 1 aromatic rings. The summed E-state index contributed by atoms with van der Waals surface area (Å²) in [5.74, 6) is -0.797. The number of nitrogens with one attached hydrogen (secondary N) is 1. The van der Waals surface area contributed by atoms with E-state index in [1.807, 2.05) is 19.0 Å². The van der Waals surface area contributed by atoms with Crippen molar-refractivity contribution < 1.29 is 21.6 Å². The average molecular weight is 389 g/mol. The molecule has 1 amide bonds. The van der Waals surface area contributed by atoms with Crippen molar-refractivity contribution in [2.24, 2.45) is 0 Å². The molecular weight excluding hydrogens is 364 g/mol. The summed E-state index contributed by atoms with van der Waals surface area (Å²) in [5, 5.41) is 1.82. The summed E-state index contributed by atoms with van der Waals surface area (Å²) in [5.41, 5.74) is 0.256. The molecule has 0 aliphatic carbocycles. The summed E-state index contributed by atoms with van der Waals surface area (Å²) in [6.07, 6.45) is 0.891. The molecule has 2 rings (SSSR count). The maximum Gasteiger partial charge on any atom is 0.251 e. The van der Waals surface area contributed by atoms with Crippen LogP contribution < -0.4 is 5.32 Å². The molecule has 0 bridgehead atoms. The lowest BCUT2D eigenvalue weighted by Gasteiger charge is -2.12. The second-order valence-electron chi connectivity index (χ2n) is 6.51. The predicted molar refractivity (Wildman–Crippen MR) is 96.2 cm³/mol. The standard InChI is InChI=1S/C16H24N2O5S2/c1-18(2)9-4-8-17-16(19)13-5-3-6-14(11-13)25(22,23)15-7-10-24(20,21)12-15/h3,5-6,11,15H,4,7-10,12H2,1-2H3,(H,17,19). The van der Waals surface area contributed by atoms with Crippen molar-refractivity contribution in [3.8, 4) is 0 Å². The summed E-state index contributed by atoms with van der Waals surface area (Å²) < 4.78 is 48.4. The Kier molecular flexibility index (Phi) is 6.23. The van der Waals surface area contributed by atoms with Crippen LogP contribution in [0.1, 0.15) is 23.2 Å². The van der Waals surface area contributed by atoms with Crippen LogP contribution in [-0.2, 0) is 19.7 Å². The van der Waals surface area contributed by atoms with Gasteiger partial charge in [0.2, 0.25) is 0 Å². The van der Waals surface area contributed by atoms with Crippen molar-refractivity contribution in [3.63, 3.8) is 0 Å². The van der Waals surface area contributed by atoms with Crippen LogP contribution in [0, 0.1) is 0 Å². The SMILES string of the molecule is CN(C)CCCNC(=O)c1cccc(S(=O)(=O)C2CCS(=O)(=O)C2)c1. The van der Waals surface area contributed by atoms with Gasteiger partial charge in [-0.15, -0.1) is 0 Å². The van der Waals surface area contributed by atoms with Gasteiger partial charge in [0.1, 0.15) is 0 Å². The van der Waals surface area contributed by atoms with Crippen LogP contribution in [0.5, 0.6) is 0 Å². The number of benzene rings is 1. The van der Waals surface area contributed by atoms with Gasteiger partial charge in [-0.3, -0.25) is 4.79 Å². The molecule has 1 N–H and O–H groups in total. The molecule has 1 aliphatic rings. The Morgan fingerprint density at radius 1 is 1.32 bits per heavy atom. The molecule has 140 valence electrons. The van der Waals surface area contributed by atoms with Gasteiger partial charge in [0.15, 0.2) is 19.7 Å². The third kappa shape index (κ3) is 5.26. The highest BCUT2D eigenvalue weighted by Crippen LogP contribution is 2.25.